The molecule has 26 heavy (non-hydrogen) atoms. The number of fused-ring (bicyclic) bond motifs is 6. The van der Waals surface area contributed by atoms with E-state index in [1.807, 2.05) is 0 Å². The maximum absolute atomic E-state index is 5.56. The molecule has 2 fully saturated rings. The Morgan fingerprint density at radius 3 is 2.38 bits per heavy atom. The molecule has 0 bridgehead atoms. The first-order valence-corrected chi connectivity index (χ1v) is 9.65. The van der Waals surface area contributed by atoms with Gasteiger partial charge in [0.25, 0.3) is 0 Å². The molecule has 2 saturated heterocycles. The fourth-order valence-electron chi connectivity index (χ4n) is 5.38. The van der Waals surface area contributed by atoms with Crippen LogP contribution in [0.2, 0.25) is 0 Å². The van der Waals surface area contributed by atoms with Crippen molar-refractivity contribution >= 4 is 11.4 Å². The van der Waals surface area contributed by atoms with E-state index in [-0.39, 0.29) is 0 Å². The van der Waals surface area contributed by atoms with Gasteiger partial charge in [0.1, 0.15) is 11.5 Å². The molecule has 0 unspecified atom stereocenters. The Labute approximate surface area is 155 Å². The average Bonchev–Trinajstić information content (AvgIpc) is 3.35. The molecule has 4 nitrogen and oxygen atoms in total. The van der Waals surface area contributed by atoms with Crippen LogP contribution in [0.25, 0.3) is 0 Å². The van der Waals surface area contributed by atoms with Gasteiger partial charge in [-0.2, -0.15) is 0 Å². The molecule has 136 valence electrons. The second-order valence-corrected chi connectivity index (χ2v) is 7.62. The molecule has 3 aliphatic heterocycles. The first-order valence-electron chi connectivity index (χ1n) is 9.65. The van der Waals surface area contributed by atoms with Crippen molar-refractivity contribution in [1.82, 2.24) is 0 Å². The van der Waals surface area contributed by atoms with Crippen molar-refractivity contribution in [1.29, 1.82) is 0 Å². The van der Waals surface area contributed by atoms with Gasteiger partial charge in [-0.15, -0.1) is 0 Å². The lowest BCUT2D eigenvalue weighted by molar-refractivity contribution is 0.370. The molecule has 3 aliphatic rings. The van der Waals surface area contributed by atoms with Gasteiger partial charge >= 0.3 is 0 Å². The molecular weight excluding hydrogens is 324 g/mol. The SMILES string of the molecule is COc1ccc(N2CC[C@@H]3[C@H]4CCCN4c4ccc(OC)cc4[C@@H]32)cc1. The summed E-state index contributed by atoms with van der Waals surface area (Å²) >= 11 is 0. The summed E-state index contributed by atoms with van der Waals surface area (Å²) in [4.78, 5) is 5.26. The highest BCUT2D eigenvalue weighted by atomic mass is 16.5. The number of methoxy groups -OCH3 is 2. The van der Waals surface area contributed by atoms with Crippen LogP contribution < -0.4 is 19.3 Å². The summed E-state index contributed by atoms with van der Waals surface area (Å²) in [6.45, 7) is 2.30. The van der Waals surface area contributed by atoms with Gasteiger partial charge in [0.2, 0.25) is 0 Å². The van der Waals surface area contributed by atoms with Crippen molar-refractivity contribution < 1.29 is 9.47 Å². The third kappa shape index (κ3) is 2.28. The Balaban J connectivity index is 1.59. The minimum atomic E-state index is 0.438. The molecule has 0 amide bonds. The first kappa shape index (κ1) is 15.9. The van der Waals surface area contributed by atoms with Gasteiger partial charge in [0.05, 0.1) is 20.3 Å². The smallest absolute Gasteiger partial charge is 0.119 e. The maximum atomic E-state index is 5.56. The van der Waals surface area contributed by atoms with E-state index in [0.717, 1.165) is 18.0 Å². The normalized spacial score (nSPS) is 26.3. The lowest BCUT2D eigenvalue weighted by Gasteiger charge is -2.44. The average molecular weight is 350 g/mol. The minimum Gasteiger partial charge on any atom is -0.497 e. The zero-order valence-corrected chi connectivity index (χ0v) is 15.5. The Morgan fingerprint density at radius 1 is 0.846 bits per heavy atom. The monoisotopic (exact) mass is 350 g/mol. The van der Waals surface area contributed by atoms with Crippen LogP contribution in [0.3, 0.4) is 0 Å². The summed E-state index contributed by atoms with van der Waals surface area (Å²) in [6, 6.07) is 16.3. The number of ether oxygens (including phenoxy) is 2. The minimum absolute atomic E-state index is 0.438. The van der Waals surface area contributed by atoms with Gasteiger partial charge in [0.15, 0.2) is 0 Å². The molecule has 3 heterocycles. The second kappa shape index (κ2) is 6.11. The van der Waals surface area contributed by atoms with Crippen LogP contribution in [0.4, 0.5) is 11.4 Å². The number of anilines is 2. The van der Waals surface area contributed by atoms with Crippen LogP contribution in [0.15, 0.2) is 42.5 Å². The third-order valence-electron chi connectivity index (χ3n) is 6.50. The molecule has 2 aromatic rings. The number of nitrogens with zero attached hydrogens (tertiary/aromatic N) is 2. The van der Waals surface area contributed by atoms with Crippen LogP contribution in [-0.2, 0) is 0 Å². The van der Waals surface area contributed by atoms with Crippen molar-refractivity contribution in [3.8, 4) is 11.5 Å². The Kier molecular flexibility index (Phi) is 3.73. The lowest BCUT2D eigenvalue weighted by atomic mass is 9.81. The van der Waals surface area contributed by atoms with Crippen molar-refractivity contribution in [2.24, 2.45) is 5.92 Å². The topological polar surface area (TPSA) is 24.9 Å². The molecule has 0 N–H and O–H groups in total. The Morgan fingerprint density at radius 2 is 1.62 bits per heavy atom. The standard InChI is InChI=1S/C22H26N2O2/c1-25-16-7-5-15(6-8-16)23-13-11-18-20-4-3-12-24(20)21-10-9-17(26-2)14-19(21)22(18)23/h5-10,14,18,20,22H,3-4,11-13H2,1-2H3/t18-,20-,22-/m1/s1. The quantitative estimate of drug-likeness (QED) is 0.826. The van der Waals surface area contributed by atoms with E-state index in [1.165, 1.54) is 42.7 Å². The van der Waals surface area contributed by atoms with E-state index >= 15 is 0 Å². The molecule has 0 aromatic heterocycles. The summed E-state index contributed by atoms with van der Waals surface area (Å²) in [5.74, 6) is 2.57. The molecular formula is C22H26N2O2. The molecule has 0 spiro atoms. The summed E-state index contributed by atoms with van der Waals surface area (Å²) < 4.78 is 10.9. The molecule has 5 rings (SSSR count). The maximum Gasteiger partial charge on any atom is 0.119 e. The van der Waals surface area contributed by atoms with Crippen LogP contribution in [-0.4, -0.2) is 33.4 Å². The number of hydrogen-bond acceptors (Lipinski definition) is 4. The first-order chi connectivity index (χ1) is 12.8. The largest absolute Gasteiger partial charge is 0.497 e. The second-order valence-electron chi connectivity index (χ2n) is 7.62. The van der Waals surface area contributed by atoms with Crippen LogP contribution >= 0.6 is 0 Å². The number of hydrogen-bond donors (Lipinski definition) is 0. The summed E-state index contributed by atoms with van der Waals surface area (Å²) in [5.41, 5.74) is 4.13. The molecule has 0 aliphatic carbocycles. The van der Waals surface area contributed by atoms with Gasteiger partial charge < -0.3 is 19.3 Å². The zero-order valence-electron chi connectivity index (χ0n) is 15.5. The van der Waals surface area contributed by atoms with E-state index in [9.17, 15) is 0 Å². The Bertz CT molecular complexity index is 804. The van der Waals surface area contributed by atoms with Crippen molar-refractivity contribution in [2.75, 3.05) is 37.1 Å². The van der Waals surface area contributed by atoms with Crippen molar-refractivity contribution in [3.05, 3.63) is 48.0 Å². The Hall–Kier alpha value is -2.36. The predicted molar refractivity (Wildman–Crippen MR) is 105 cm³/mol. The van der Waals surface area contributed by atoms with Crippen LogP contribution in [0, 0.1) is 5.92 Å². The van der Waals surface area contributed by atoms with Gasteiger partial charge in [0, 0.05) is 42.0 Å². The van der Waals surface area contributed by atoms with Gasteiger partial charge in [-0.25, -0.2) is 0 Å². The summed E-state index contributed by atoms with van der Waals surface area (Å²) in [7, 11) is 3.48. The van der Waals surface area contributed by atoms with Gasteiger partial charge in [-0.1, -0.05) is 0 Å². The highest BCUT2D eigenvalue weighted by molar-refractivity contribution is 5.65. The molecule has 4 heteroatoms. The summed E-state index contributed by atoms with van der Waals surface area (Å²) in [5, 5.41) is 0. The third-order valence-corrected chi connectivity index (χ3v) is 6.50. The molecule has 0 saturated carbocycles. The molecule has 0 radical (unpaired) electrons. The summed E-state index contributed by atoms with van der Waals surface area (Å²) in [6.07, 6.45) is 3.89. The molecule has 2 aromatic carbocycles. The number of benzene rings is 2. The predicted octanol–water partition coefficient (Wildman–Crippen LogP) is 4.25. The highest BCUT2D eigenvalue weighted by Crippen LogP contribution is 2.53. The van der Waals surface area contributed by atoms with Crippen LogP contribution in [0.5, 0.6) is 11.5 Å². The number of rotatable bonds is 3. The van der Waals surface area contributed by atoms with E-state index in [2.05, 4.69) is 52.3 Å². The van der Waals surface area contributed by atoms with Gasteiger partial charge in [-0.05, 0) is 61.7 Å². The van der Waals surface area contributed by atoms with E-state index in [4.69, 9.17) is 9.47 Å². The lowest BCUT2D eigenvalue weighted by Crippen LogP contribution is -2.44. The van der Waals surface area contributed by atoms with Crippen LogP contribution in [0.1, 0.15) is 30.9 Å². The fourth-order valence-corrected chi connectivity index (χ4v) is 5.38. The van der Waals surface area contributed by atoms with Crippen molar-refractivity contribution in [3.63, 3.8) is 0 Å². The highest BCUT2D eigenvalue weighted by Gasteiger charge is 2.48. The van der Waals surface area contributed by atoms with E-state index < -0.39 is 0 Å². The van der Waals surface area contributed by atoms with Crippen molar-refractivity contribution in [2.45, 2.75) is 31.3 Å². The zero-order chi connectivity index (χ0) is 17.7. The van der Waals surface area contributed by atoms with Gasteiger partial charge in [-0.3, -0.25) is 0 Å². The van der Waals surface area contributed by atoms with E-state index in [0.29, 0.717) is 18.0 Å². The molecule has 3 atom stereocenters. The fraction of sp³-hybridized carbons (Fsp3) is 0.455. The van der Waals surface area contributed by atoms with E-state index in [1.54, 1.807) is 14.2 Å².